The fourth-order valence-corrected chi connectivity index (χ4v) is 2.23. The minimum Gasteiger partial charge on any atom is -0.373 e. The highest BCUT2D eigenvalue weighted by Gasteiger charge is 2.09. The summed E-state index contributed by atoms with van der Waals surface area (Å²) >= 11 is 0. The number of nitrogens with one attached hydrogen (secondary N) is 1. The third kappa shape index (κ3) is 2.70. The summed E-state index contributed by atoms with van der Waals surface area (Å²) in [5.74, 6) is 1.98. The summed E-state index contributed by atoms with van der Waals surface area (Å²) in [4.78, 5) is 13.5. The molecule has 0 fully saturated rings. The van der Waals surface area contributed by atoms with E-state index in [2.05, 4.69) is 52.3 Å². The molecule has 2 aromatic heterocycles. The number of nitrogens with zero attached hydrogens (tertiary/aromatic N) is 3. The lowest BCUT2D eigenvalue weighted by atomic mass is 10.1. The predicted molar refractivity (Wildman–Crippen MR) is 86.4 cm³/mol. The maximum Gasteiger partial charge on any atom is 0.133 e. The van der Waals surface area contributed by atoms with Crippen molar-refractivity contribution in [2.45, 2.75) is 19.8 Å². The molecule has 106 valence electrons. The second-order valence-corrected chi connectivity index (χ2v) is 5.31. The zero-order chi connectivity index (χ0) is 14.8. The van der Waals surface area contributed by atoms with Crippen molar-refractivity contribution >= 4 is 16.7 Å². The maximum absolute atomic E-state index is 4.69. The van der Waals surface area contributed by atoms with Gasteiger partial charge in [0, 0.05) is 36.2 Å². The van der Waals surface area contributed by atoms with E-state index in [-0.39, 0.29) is 0 Å². The van der Waals surface area contributed by atoms with Crippen molar-refractivity contribution in [1.29, 1.82) is 0 Å². The molecular formula is C17H18N4. The van der Waals surface area contributed by atoms with E-state index in [1.54, 1.807) is 0 Å². The van der Waals surface area contributed by atoms with E-state index in [1.807, 2.05) is 31.4 Å². The molecule has 0 aliphatic heterocycles. The van der Waals surface area contributed by atoms with Gasteiger partial charge in [-0.05, 0) is 18.2 Å². The Kier molecular flexibility index (Phi) is 3.52. The van der Waals surface area contributed by atoms with Gasteiger partial charge in [-0.1, -0.05) is 26.0 Å². The molecule has 0 saturated carbocycles. The van der Waals surface area contributed by atoms with Gasteiger partial charge in [-0.25, -0.2) is 9.97 Å². The zero-order valence-corrected chi connectivity index (χ0v) is 12.5. The first-order valence-electron chi connectivity index (χ1n) is 7.09. The summed E-state index contributed by atoms with van der Waals surface area (Å²) < 4.78 is 0. The molecule has 1 N–H and O–H groups in total. The highest BCUT2D eigenvalue weighted by atomic mass is 15.0. The number of hydrogen-bond acceptors (Lipinski definition) is 4. The maximum atomic E-state index is 4.69. The quantitative estimate of drug-likeness (QED) is 0.790. The summed E-state index contributed by atoms with van der Waals surface area (Å²) in [5, 5.41) is 4.22. The van der Waals surface area contributed by atoms with Gasteiger partial charge in [0.15, 0.2) is 0 Å². The summed E-state index contributed by atoms with van der Waals surface area (Å²) in [5.41, 5.74) is 3.01. The van der Waals surface area contributed by atoms with Crippen LogP contribution in [0.4, 0.5) is 5.82 Å². The number of rotatable bonds is 3. The largest absolute Gasteiger partial charge is 0.373 e. The number of aromatic nitrogens is 3. The lowest BCUT2D eigenvalue weighted by molar-refractivity contribution is 0.777. The first-order valence-corrected chi connectivity index (χ1v) is 7.09. The second-order valence-electron chi connectivity index (χ2n) is 5.31. The molecular weight excluding hydrogens is 260 g/mol. The van der Waals surface area contributed by atoms with Crippen molar-refractivity contribution in [3.05, 3.63) is 48.4 Å². The third-order valence-corrected chi connectivity index (χ3v) is 3.41. The van der Waals surface area contributed by atoms with Crippen LogP contribution in [0.15, 0.2) is 42.6 Å². The van der Waals surface area contributed by atoms with Gasteiger partial charge >= 0.3 is 0 Å². The lowest BCUT2D eigenvalue weighted by Crippen LogP contribution is -2.03. The number of fused-ring (bicyclic) bond motifs is 1. The van der Waals surface area contributed by atoms with Gasteiger partial charge in [-0.3, -0.25) is 4.98 Å². The van der Waals surface area contributed by atoms with E-state index in [4.69, 9.17) is 0 Å². The van der Waals surface area contributed by atoms with Crippen molar-refractivity contribution in [2.75, 3.05) is 12.4 Å². The van der Waals surface area contributed by atoms with Crippen molar-refractivity contribution in [2.24, 2.45) is 0 Å². The number of benzene rings is 1. The highest BCUT2D eigenvalue weighted by molar-refractivity contribution is 5.83. The Morgan fingerprint density at radius 3 is 2.67 bits per heavy atom. The van der Waals surface area contributed by atoms with Gasteiger partial charge in [0.2, 0.25) is 0 Å². The molecule has 0 saturated heterocycles. The molecule has 0 aliphatic rings. The molecule has 2 heterocycles. The minimum atomic E-state index is 0.291. The van der Waals surface area contributed by atoms with Gasteiger partial charge in [0.1, 0.15) is 11.6 Å². The fourth-order valence-electron chi connectivity index (χ4n) is 2.23. The van der Waals surface area contributed by atoms with Gasteiger partial charge in [0.25, 0.3) is 0 Å². The van der Waals surface area contributed by atoms with Crippen LogP contribution in [0.5, 0.6) is 0 Å². The molecule has 4 nitrogen and oxygen atoms in total. The average Bonchev–Trinajstić information content (AvgIpc) is 2.53. The first kappa shape index (κ1) is 13.5. The van der Waals surface area contributed by atoms with Gasteiger partial charge in [-0.15, -0.1) is 0 Å². The number of anilines is 1. The Bertz CT molecular complexity index is 781. The second kappa shape index (κ2) is 5.48. The standard InChI is InChI=1S/C17H18N4/c1-11(2)17-20-15(10-16(18-3)21-17)13-6-7-14-12(9-13)5-4-8-19-14/h4-11H,1-3H3,(H,18,20,21). The molecule has 3 rings (SSSR count). The molecule has 0 amide bonds. The first-order chi connectivity index (χ1) is 10.2. The van der Waals surface area contributed by atoms with Crippen LogP contribution in [0.2, 0.25) is 0 Å². The average molecular weight is 278 g/mol. The van der Waals surface area contributed by atoms with Crippen molar-refractivity contribution in [3.8, 4) is 11.3 Å². The molecule has 4 heteroatoms. The van der Waals surface area contributed by atoms with Gasteiger partial charge in [0.05, 0.1) is 11.2 Å². The van der Waals surface area contributed by atoms with E-state index >= 15 is 0 Å². The van der Waals surface area contributed by atoms with Gasteiger partial charge in [-0.2, -0.15) is 0 Å². The Morgan fingerprint density at radius 1 is 1.05 bits per heavy atom. The van der Waals surface area contributed by atoms with Crippen molar-refractivity contribution in [1.82, 2.24) is 15.0 Å². The molecule has 3 aromatic rings. The van der Waals surface area contributed by atoms with Crippen LogP contribution in [-0.4, -0.2) is 22.0 Å². The van der Waals surface area contributed by atoms with Crippen molar-refractivity contribution < 1.29 is 0 Å². The molecule has 21 heavy (non-hydrogen) atoms. The van der Waals surface area contributed by atoms with Crippen LogP contribution in [0.1, 0.15) is 25.6 Å². The topological polar surface area (TPSA) is 50.7 Å². The van der Waals surface area contributed by atoms with Crippen LogP contribution in [0.25, 0.3) is 22.2 Å². The summed E-state index contributed by atoms with van der Waals surface area (Å²) in [6.07, 6.45) is 1.81. The molecule has 0 unspecified atom stereocenters. The van der Waals surface area contributed by atoms with E-state index < -0.39 is 0 Å². The van der Waals surface area contributed by atoms with Crippen LogP contribution < -0.4 is 5.32 Å². The predicted octanol–water partition coefficient (Wildman–Crippen LogP) is 3.86. The van der Waals surface area contributed by atoms with E-state index in [9.17, 15) is 0 Å². The van der Waals surface area contributed by atoms with Crippen LogP contribution in [0.3, 0.4) is 0 Å². The Balaban J connectivity index is 2.14. The van der Waals surface area contributed by atoms with E-state index in [1.165, 1.54) is 0 Å². The van der Waals surface area contributed by atoms with Crippen LogP contribution in [-0.2, 0) is 0 Å². The summed E-state index contributed by atoms with van der Waals surface area (Å²) in [6.45, 7) is 4.20. The summed E-state index contributed by atoms with van der Waals surface area (Å²) in [7, 11) is 1.88. The van der Waals surface area contributed by atoms with E-state index in [0.717, 1.165) is 33.8 Å². The number of hydrogen-bond donors (Lipinski definition) is 1. The number of pyridine rings is 1. The lowest BCUT2D eigenvalue weighted by Gasteiger charge is -2.10. The molecule has 1 aromatic carbocycles. The van der Waals surface area contributed by atoms with Gasteiger partial charge < -0.3 is 5.32 Å². The van der Waals surface area contributed by atoms with Crippen molar-refractivity contribution in [3.63, 3.8) is 0 Å². The van der Waals surface area contributed by atoms with Crippen LogP contribution >= 0.6 is 0 Å². The smallest absolute Gasteiger partial charge is 0.133 e. The highest BCUT2D eigenvalue weighted by Crippen LogP contribution is 2.25. The molecule has 0 bridgehead atoms. The summed E-state index contributed by atoms with van der Waals surface area (Å²) in [6, 6.07) is 12.2. The SMILES string of the molecule is CNc1cc(-c2ccc3ncccc3c2)nc(C(C)C)n1. The zero-order valence-electron chi connectivity index (χ0n) is 12.5. The normalized spacial score (nSPS) is 11.0. The minimum absolute atomic E-state index is 0.291. The molecule has 0 spiro atoms. The van der Waals surface area contributed by atoms with Crippen LogP contribution in [0, 0.1) is 0 Å². The fraction of sp³-hybridized carbons (Fsp3) is 0.235. The Morgan fingerprint density at radius 2 is 1.90 bits per heavy atom. The molecule has 0 atom stereocenters. The Hall–Kier alpha value is -2.49. The molecule has 0 radical (unpaired) electrons. The molecule has 0 aliphatic carbocycles. The third-order valence-electron chi connectivity index (χ3n) is 3.41. The Labute approximate surface area is 124 Å². The monoisotopic (exact) mass is 278 g/mol. The van der Waals surface area contributed by atoms with E-state index in [0.29, 0.717) is 5.92 Å².